The standard InChI is InChI=1S/C13H17BrN4O2S/c1-9-12(14)3-10(5-15-2)4-13(9)21(19,20)18-8-11-6-16-17-7-11/h3-4,6-7,15,18H,5,8H2,1-2H3,(H,16,17). The van der Waals surface area contributed by atoms with Gasteiger partial charge in [0.15, 0.2) is 0 Å². The van der Waals surface area contributed by atoms with Gasteiger partial charge in [-0.15, -0.1) is 0 Å². The Labute approximate surface area is 132 Å². The van der Waals surface area contributed by atoms with Crippen molar-refractivity contribution in [2.75, 3.05) is 7.05 Å². The molecule has 0 saturated heterocycles. The topological polar surface area (TPSA) is 86.9 Å². The molecule has 114 valence electrons. The monoisotopic (exact) mass is 372 g/mol. The maximum Gasteiger partial charge on any atom is 0.241 e. The number of aromatic amines is 1. The van der Waals surface area contributed by atoms with Gasteiger partial charge in [0.1, 0.15) is 0 Å². The molecule has 0 bridgehead atoms. The number of benzene rings is 1. The molecule has 0 unspecified atom stereocenters. The van der Waals surface area contributed by atoms with Crippen LogP contribution in [-0.2, 0) is 23.1 Å². The van der Waals surface area contributed by atoms with Crippen LogP contribution in [0.5, 0.6) is 0 Å². The molecule has 2 aromatic rings. The van der Waals surface area contributed by atoms with Gasteiger partial charge in [-0.3, -0.25) is 5.10 Å². The summed E-state index contributed by atoms with van der Waals surface area (Å²) in [6, 6.07) is 3.61. The molecule has 0 amide bonds. The Kier molecular flexibility index (Phi) is 5.15. The largest absolute Gasteiger partial charge is 0.316 e. The van der Waals surface area contributed by atoms with Gasteiger partial charge in [-0.05, 0) is 37.2 Å². The molecule has 6 nitrogen and oxygen atoms in total. The summed E-state index contributed by atoms with van der Waals surface area (Å²) in [7, 11) is -1.76. The van der Waals surface area contributed by atoms with Gasteiger partial charge >= 0.3 is 0 Å². The number of hydrogen-bond acceptors (Lipinski definition) is 4. The molecule has 1 aromatic heterocycles. The molecular weight excluding hydrogens is 356 g/mol. The van der Waals surface area contributed by atoms with Crippen LogP contribution in [0.2, 0.25) is 0 Å². The zero-order valence-corrected chi connectivity index (χ0v) is 14.2. The maximum absolute atomic E-state index is 12.5. The summed E-state index contributed by atoms with van der Waals surface area (Å²) in [5, 5.41) is 9.46. The third-order valence-corrected chi connectivity index (χ3v) is 5.40. The highest BCUT2D eigenvalue weighted by atomic mass is 79.9. The Balaban J connectivity index is 2.30. The molecular formula is C13H17BrN4O2S. The minimum Gasteiger partial charge on any atom is -0.316 e. The third kappa shape index (κ3) is 3.91. The van der Waals surface area contributed by atoms with Crippen molar-refractivity contribution in [3.63, 3.8) is 0 Å². The third-order valence-electron chi connectivity index (χ3n) is 3.05. The van der Waals surface area contributed by atoms with E-state index in [2.05, 4.69) is 36.2 Å². The Morgan fingerprint density at radius 1 is 1.29 bits per heavy atom. The van der Waals surface area contributed by atoms with E-state index >= 15 is 0 Å². The first-order valence-corrected chi connectivity index (χ1v) is 8.62. The molecule has 0 aliphatic heterocycles. The van der Waals surface area contributed by atoms with Crippen molar-refractivity contribution in [1.82, 2.24) is 20.2 Å². The van der Waals surface area contributed by atoms with E-state index < -0.39 is 10.0 Å². The van der Waals surface area contributed by atoms with Gasteiger partial charge in [0, 0.05) is 29.3 Å². The summed E-state index contributed by atoms with van der Waals surface area (Å²) in [5.41, 5.74) is 2.37. The van der Waals surface area contributed by atoms with Crippen molar-refractivity contribution in [2.24, 2.45) is 0 Å². The molecule has 0 atom stereocenters. The summed E-state index contributed by atoms with van der Waals surface area (Å²) in [6.07, 6.45) is 3.24. The lowest BCUT2D eigenvalue weighted by Gasteiger charge is -2.12. The van der Waals surface area contributed by atoms with Crippen LogP contribution in [0.4, 0.5) is 0 Å². The summed E-state index contributed by atoms with van der Waals surface area (Å²) in [4.78, 5) is 0.283. The molecule has 0 aliphatic rings. The van der Waals surface area contributed by atoms with Crippen molar-refractivity contribution < 1.29 is 8.42 Å². The first kappa shape index (κ1) is 16.2. The van der Waals surface area contributed by atoms with Crippen molar-refractivity contribution in [2.45, 2.75) is 24.9 Å². The van der Waals surface area contributed by atoms with Crippen molar-refractivity contribution in [3.05, 3.63) is 45.7 Å². The van der Waals surface area contributed by atoms with Crippen LogP contribution in [0, 0.1) is 6.92 Å². The molecule has 0 aliphatic carbocycles. The van der Waals surface area contributed by atoms with E-state index in [1.807, 2.05) is 13.1 Å². The number of hydrogen-bond donors (Lipinski definition) is 3. The number of rotatable bonds is 6. The van der Waals surface area contributed by atoms with Crippen LogP contribution in [0.1, 0.15) is 16.7 Å². The van der Waals surface area contributed by atoms with Gasteiger partial charge in [-0.25, -0.2) is 13.1 Å². The molecule has 0 radical (unpaired) electrons. The predicted molar refractivity (Wildman–Crippen MR) is 84.3 cm³/mol. The predicted octanol–water partition coefficient (Wildman–Crippen LogP) is 1.68. The van der Waals surface area contributed by atoms with Crippen LogP contribution in [0.3, 0.4) is 0 Å². The van der Waals surface area contributed by atoms with E-state index in [0.717, 1.165) is 15.6 Å². The van der Waals surface area contributed by atoms with Crippen LogP contribution in [0.25, 0.3) is 0 Å². The Hall–Kier alpha value is -1.22. The van der Waals surface area contributed by atoms with Crippen LogP contribution in [0.15, 0.2) is 33.9 Å². The lowest BCUT2D eigenvalue weighted by molar-refractivity contribution is 0.580. The van der Waals surface area contributed by atoms with Gasteiger partial charge in [-0.2, -0.15) is 5.10 Å². The normalized spacial score (nSPS) is 11.8. The van der Waals surface area contributed by atoms with Crippen molar-refractivity contribution in [1.29, 1.82) is 0 Å². The molecule has 0 spiro atoms. The Morgan fingerprint density at radius 3 is 2.67 bits per heavy atom. The fourth-order valence-corrected chi connectivity index (χ4v) is 3.89. The van der Waals surface area contributed by atoms with Gasteiger partial charge in [-0.1, -0.05) is 15.9 Å². The molecule has 1 aromatic carbocycles. The fourth-order valence-electron chi connectivity index (χ4n) is 1.92. The Morgan fingerprint density at radius 2 is 2.05 bits per heavy atom. The number of nitrogens with zero attached hydrogens (tertiary/aromatic N) is 1. The lowest BCUT2D eigenvalue weighted by atomic mass is 10.1. The summed E-state index contributed by atoms with van der Waals surface area (Å²) >= 11 is 3.41. The van der Waals surface area contributed by atoms with Crippen molar-refractivity contribution in [3.8, 4) is 0 Å². The lowest BCUT2D eigenvalue weighted by Crippen LogP contribution is -2.24. The molecule has 0 saturated carbocycles. The van der Waals surface area contributed by atoms with E-state index in [4.69, 9.17) is 0 Å². The molecule has 0 fully saturated rings. The minimum atomic E-state index is -3.58. The number of H-pyrrole nitrogens is 1. The maximum atomic E-state index is 12.5. The van der Waals surface area contributed by atoms with E-state index in [-0.39, 0.29) is 11.4 Å². The zero-order chi connectivity index (χ0) is 15.5. The molecule has 1 heterocycles. The highest BCUT2D eigenvalue weighted by molar-refractivity contribution is 9.10. The van der Waals surface area contributed by atoms with Gasteiger partial charge < -0.3 is 5.32 Å². The highest BCUT2D eigenvalue weighted by Gasteiger charge is 2.19. The van der Waals surface area contributed by atoms with E-state index in [9.17, 15) is 8.42 Å². The second kappa shape index (κ2) is 6.69. The fraction of sp³-hybridized carbons (Fsp3) is 0.308. The number of sulfonamides is 1. The van der Waals surface area contributed by atoms with E-state index in [0.29, 0.717) is 12.1 Å². The molecule has 8 heteroatoms. The number of nitrogens with one attached hydrogen (secondary N) is 3. The van der Waals surface area contributed by atoms with Gasteiger partial charge in [0.05, 0.1) is 11.1 Å². The number of halogens is 1. The summed E-state index contributed by atoms with van der Waals surface area (Å²) < 4.78 is 28.3. The second-order valence-corrected chi connectivity index (χ2v) is 7.25. The summed E-state index contributed by atoms with van der Waals surface area (Å²) in [6.45, 7) is 2.58. The molecule has 21 heavy (non-hydrogen) atoms. The van der Waals surface area contributed by atoms with Crippen LogP contribution >= 0.6 is 15.9 Å². The van der Waals surface area contributed by atoms with E-state index in [1.54, 1.807) is 25.4 Å². The quantitative estimate of drug-likeness (QED) is 0.719. The minimum absolute atomic E-state index is 0.201. The average molecular weight is 373 g/mol. The van der Waals surface area contributed by atoms with Gasteiger partial charge in [0.2, 0.25) is 10.0 Å². The van der Waals surface area contributed by atoms with Gasteiger partial charge in [0.25, 0.3) is 0 Å². The van der Waals surface area contributed by atoms with Crippen molar-refractivity contribution >= 4 is 26.0 Å². The SMILES string of the molecule is CNCc1cc(Br)c(C)c(S(=O)(=O)NCc2cn[nH]c2)c1. The zero-order valence-electron chi connectivity index (χ0n) is 11.8. The molecule has 3 N–H and O–H groups in total. The Bertz CT molecular complexity index is 714. The first-order chi connectivity index (χ1) is 9.94. The van der Waals surface area contributed by atoms with Crippen LogP contribution < -0.4 is 10.0 Å². The molecule has 2 rings (SSSR count). The average Bonchev–Trinajstić information content (AvgIpc) is 2.94. The van der Waals surface area contributed by atoms with Crippen LogP contribution in [-0.4, -0.2) is 25.7 Å². The first-order valence-electron chi connectivity index (χ1n) is 6.35. The highest BCUT2D eigenvalue weighted by Crippen LogP contribution is 2.26. The van der Waals surface area contributed by atoms with E-state index in [1.165, 1.54) is 0 Å². The summed E-state index contributed by atoms with van der Waals surface area (Å²) in [5.74, 6) is 0. The smallest absolute Gasteiger partial charge is 0.241 e. The second-order valence-electron chi connectivity index (χ2n) is 4.66. The number of aromatic nitrogens is 2.